The Morgan fingerprint density at radius 3 is 3.04 bits per heavy atom. The monoisotopic (exact) mass is 358 g/mol. The predicted octanol–water partition coefficient (Wildman–Crippen LogP) is 3.04. The van der Waals surface area contributed by atoms with Gasteiger partial charge in [0.2, 0.25) is 0 Å². The Morgan fingerprint density at radius 1 is 1.44 bits per heavy atom. The molecule has 0 bridgehead atoms. The lowest BCUT2D eigenvalue weighted by atomic mass is 9.98. The topological polar surface area (TPSA) is 51.7 Å². The van der Waals surface area contributed by atoms with Crippen molar-refractivity contribution in [2.24, 2.45) is 0 Å². The molecule has 0 aromatic carbocycles. The number of carbonyl (C=O) groups excluding carboxylic acids is 1. The van der Waals surface area contributed by atoms with Crippen LogP contribution < -0.4 is 0 Å². The van der Waals surface area contributed by atoms with Gasteiger partial charge in [-0.05, 0) is 48.1 Å². The molecule has 0 unspecified atom stereocenters. The third kappa shape index (κ3) is 3.47. The Balaban J connectivity index is 1.33. The molecular weight excluding hydrogens is 336 g/mol. The van der Waals surface area contributed by atoms with Gasteiger partial charge in [-0.25, -0.2) is 0 Å². The molecule has 2 aliphatic rings. The summed E-state index contributed by atoms with van der Waals surface area (Å²) in [5, 5.41) is 1.98. The van der Waals surface area contributed by atoms with Crippen molar-refractivity contribution in [1.29, 1.82) is 0 Å². The number of nitrogens with zero attached hydrogens (tertiary/aromatic N) is 2. The zero-order valence-corrected chi connectivity index (χ0v) is 15.1. The van der Waals surface area contributed by atoms with E-state index < -0.39 is 0 Å². The molecule has 2 aromatic rings. The molecular formula is C19H22N2O3S. The van der Waals surface area contributed by atoms with Gasteiger partial charge < -0.3 is 14.4 Å². The highest BCUT2D eigenvalue weighted by Crippen LogP contribution is 2.37. The Labute approximate surface area is 151 Å². The van der Waals surface area contributed by atoms with Crippen LogP contribution in [-0.2, 0) is 16.1 Å². The first kappa shape index (κ1) is 16.7. The Morgan fingerprint density at radius 2 is 2.28 bits per heavy atom. The van der Waals surface area contributed by atoms with E-state index >= 15 is 0 Å². The predicted molar refractivity (Wildman–Crippen MR) is 95.7 cm³/mol. The number of aromatic nitrogens is 1. The van der Waals surface area contributed by atoms with E-state index in [-0.39, 0.29) is 17.6 Å². The van der Waals surface area contributed by atoms with Crippen molar-refractivity contribution in [3.8, 4) is 0 Å². The van der Waals surface area contributed by atoms with Gasteiger partial charge in [0, 0.05) is 25.4 Å². The SMILES string of the molecule is Cc1ccsc1C(=O)N1CC[C@]2(C[C@H](OCc3ccncc3)CO2)C1. The first-order chi connectivity index (χ1) is 12.2. The highest BCUT2D eigenvalue weighted by Gasteiger charge is 2.47. The molecule has 6 heteroatoms. The molecule has 2 atom stereocenters. The normalized spacial score (nSPS) is 25.8. The van der Waals surface area contributed by atoms with Crippen LogP contribution in [0, 0.1) is 6.92 Å². The maximum atomic E-state index is 12.7. The molecule has 0 aliphatic carbocycles. The quantitative estimate of drug-likeness (QED) is 0.843. The molecule has 4 heterocycles. The molecule has 2 aromatic heterocycles. The standard InChI is InChI=1S/C19H22N2O3S/c1-14-4-9-25-17(14)18(22)21-8-5-19(13-21)10-16(12-24-19)23-11-15-2-6-20-7-3-15/h2-4,6-7,9,16H,5,8,10-13H2,1H3/t16-,19-/m0/s1. The van der Waals surface area contributed by atoms with Crippen LogP contribution in [0.4, 0.5) is 0 Å². The molecule has 0 saturated carbocycles. The molecule has 25 heavy (non-hydrogen) atoms. The van der Waals surface area contributed by atoms with Crippen molar-refractivity contribution in [2.75, 3.05) is 19.7 Å². The lowest BCUT2D eigenvalue weighted by Gasteiger charge is -2.23. The maximum Gasteiger partial charge on any atom is 0.264 e. The summed E-state index contributed by atoms with van der Waals surface area (Å²) in [6.45, 7) is 4.59. The van der Waals surface area contributed by atoms with Gasteiger partial charge in [-0.2, -0.15) is 0 Å². The minimum atomic E-state index is -0.232. The summed E-state index contributed by atoms with van der Waals surface area (Å²) in [6, 6.07) is 5.93. The van der Waals surface area contributed by atoms with Crippen molar-refractivity contribution in [3.05, 3.63) is 52.0 Å². The summed E-state index contributed by atoms with van der Waals surface area (Å²) in [5.41, 5.74) is 1.94. The summed E-state index contributed by atoms with van der Waals surface area (Å²) in [6.07, 6.45) is 5.38. The molecule has 2 saturated heterocycles. The van der Waals surface area contributed by atoms with Crippen LogP contribution in [0.2, 0.25) is 0 Å². The number of pyridine rings is 1. The summed E-state index contributed by atoms with van der Waals surface area (Å²) in [7, 11) is 0. The lowest BCUT2D eigenvalue weighted by molar-refractivity contribution is 0.000295. The van der Waals surface area contributed by atoms with E-state index in [1.807, 2.05) is 35.4 Å². The Bertz CT molecular complexity index is 748. The van der Waals surface area contributed by atoms with Crippen molar-refractivity contribution in [2.45, 2.75) is 38.1 Å². The van der Waals surface area contributed by atoms with E-state index in [1.54, 1.807) is 12.4 Å². The fourth-order valence-corrected chi connectivity index (χ4v) is 4.53. The van der Waals surface area contributed by atoms with Crippen LogP contribution in [0.5, 0.6) is 0 Å². The number of ether oxygens (including phenoxy) is 2. The number of hydrogen-bond donors (Lipinski definition) is 0. The van der Waals surface area contributed by atoms with Gasteiger partial charge in [0.25, 0.3) is 5.91 Å². The van der Waals surface area contributed by atoms with Gasteiger partial charge in [0.1, 0.15) is 0 Å². The Hall–Kier alpha value is -1.76. The fourth-order valence-electron chi connectivity index (χ4n) is 3.64. The molecule has 1 amide bonds. The van der Waals surface area contributed by atoms with Gasteiger partial charge >= 0.3 is 0 Å². The largest absolute Gasteiger partial charge is 0.371 e. The second kappa shape index (κ2) is 6.86. The third-order valence-electron chi connectivity index (χ3n) is 5.07. The molecule has 132 valence electrons. The molecule has 1 spiro atoms. The molecule has 4 rings (SSSR count). The van der Waals surface area contributed by atoms with Crippen molar-refractivity contribution < 1.29 is 14.3 Å². The number of rotatable bonds is 4. The van der Waals surface area contributed by atoms with E-state index in [0.29, 0.717) is 19.8 Å². The van der Waals surface area contributed by atoms with Crippen LogP contribution in [-0.4, -0.2) is 47.2 Å². The molecule has 2 aliphatic heterocycles. The van der Waals surface area contributed by atoms with Crippen LogP contribution in [0.3, 0.4) is 0 Å². The number of thiophene rings is 1. The second-order valence-electron chi connectivity index (χ2n) is 6.90. The zero-order chi connectivity index (χ0) is 17.3. The second-order valence-corrected chi connectivity index (χ2v) is 7.81. The number of hydrogen-bond acceptors (Lipinski definition) is 5. The molecule has 2 fully saturated rings. The maximum absolute atomic E-state index is 12.7. The summed E-state index contributed by atoms with van der Waals surface area (Å²) >= 11 is 1.52. The average Bonchev–Trinajstić information content (AvgIpc) is 3.35. The summed E-state index contributed by atoms with van der Waals surface area (Å²) < 4.78 is 12.1. The molecule has 5 nitrogen and oxygen atoms in total. The van der Waals surface area contributed by atoms with Crippen molar-refractivity contribution in [3.63, 3.8) is 0 Å². The van der Waals surface area contributed by atoms with Crippen molar-refractivity contribution >= 4 is 17.2 Å². The fraction of sp³-hybridized carbons (Fsp3) is 0.474. The third-order valence-corrected chi connectivity index (χ3v) is 6.07. The number of aryl methyl sites for hydroxylation is 1. The summed E-state index contributed by atoms with van der Waals surface area (Å²) in [4.78, 5) is 19.5. The van der Waals surface area contributed by atoms with Gasteiger partial charge in [0.15, 0.2) is 0 Å². The van der Waals surface area contributed by atoms with E-state index in [2.05, 4.69) is 4.98 Å². The number of carbonyl (C=O) groups is 1. The lowest BCUT2D eigenvalue weighted by Crippen LogP contribution is -2.36. The van der Waals surface area contributed by atoms with Gasteiger partial charge in [0.05, 0.1) is 36.3 Å². The van der Waals surface area contributed by atoms with Gasteiger partial charge in [-0.1, -0.05) is 0 Å². The smallest absolute Gasteiger partial charge is 0.264 e. The minimum absolute atomic E-state index is 0.0895. The first-order valence-corrected chi connectivity index (χ1v) is 9.51. The van der Waals surface area contributed by atoms with E-state index in [1.165, 1.54) is 11.3 Å². The van der Waals surface area contributed by atoms with Crippen LogP contribution >= 0.6 is 11.3 Å². The number of amides is 1. The van der Waals surface area contributed by atoms with E-state index in [4.69, 9.17) is 9.47 Å². The highest BCUT2D eigenvalue weighted by molar-refractivity contribution is 7.12. The minimum Gasteiger partial charge on any atom is -0.371 e. The molecule has 0 N–H and O–H groups in total. The van der Waals surface area contributed by atoms with Gasteiger partial charge in [-0.15, -0.1) is 11.3 Å². The van der Waals surface area contributed by atoms with Crippen molar-refractivity contribution in [1.82, 2.24) is 9.88 Å². The zero-order valence-electron chi connectivity index (χ0n) is 14.3. The first-order valence-electron chi connectivity index (χ1n) is 8.63. The Kier molecular flexibility index (Phi) is 4.58. The van der Waals surface area contributed by atoms with Crippen LogP contribution in [0.25, 0.3) is 0 Å². The van der Waals surface area contributed by atoms with E-state index in [9.17, 15) is 4.79 Å². The van der Waals surface area contributed by atoms with Crippen LogP contribution in [0.15, 0.2) is 36.0 Å². The van der Waals surface area contributed by atoms with Crippen LogP contribution in [0.1, 0.15) is 33.6 Å². The van der Waals surface area contributed by atoms with E-state index in [0.717, 1.165) is 35.4 Å². The highest BCUT2D eigenvalue weighted by atomic mass is 32.1. The number of likely N-dealkylation sites (tertiary alicyclic amines) is 1. The average molecular weight is 358 g/mol. The summed E-state index contributed by atoms with van der Waals surface area (Å²) in [5.74, 6) is 0.133. The van der Waals surface area contributed by atoms with Gasteiger partial charge in [-0.3, -0.25) is 9.78 Å². The molecule has 0 radical (unpaired) electrons.